The molecule has 0 bridgehead atoms. The number of amides is 2. The average molecular weight is 397 g/mol. The first kappa shape index (κ1) is 20.0. The van der Waals surface area contributed by atoms with Gasteiger partial charge in [0.25, 0.3) is 0 Å². The Morgan fingerprint density at radius 3 is 2.82 bits per heavy atom. The van der Waals surface area contributed by atoms with Crippen molar-refractivity contribution in [2.75, 3.05) is 18.5 Å². The zero-order valence-corrected chi connectivity index (χ0v) is 15.7. The molecule has 152 valence electrons. The third-order valence-corrected chi connectivity index (χ3v) is 4.57. The van der Waals surface area contributed by atoms with E-state index in [1.807, 2.05) is 6.92 Å². The third kappa shape index (κ3) is 4.20. The largest absolute Gasteiger partial charge is 0.491 e. The molecule has 0 saturated carbocycles. The maximum absolute atomic E-state index is 13.1. The molecule has 1 aromatic heterocycles. The van der Waals surface area contributed by atoms with Crippen molar-refractivity contribution in [3.05, 3.63) is 35.9 Å². The normalized spacial score (nSPS) is 17.0. The van der Waals surface area contributed by atoms with Gasteiger partial charge in [0.15, 0.2) is 5.82 Å². The summed E-state index contributed by atoms with van der Waals surface area (Å²) in [5.41, 5.74) is -0.852. The summed E-state index contributed by atoms with van der Waals surface area (Å²) in [4.78, 5) is 14.4. The second-order valence-electron chi connectivity index (χ2n) is 6.64. The number of nitrogens with one attached hydrogen (secondary N) is 1. The van der Waals surface area contributed by atoms with Crippen LogP contribution in [0, 0.1) is 0 Å². The predicted molar refractivity (Wildman–Crippen MR) is 95.9 cm³/mol. The number of anilines is 1. The van der Waals surface area contributed by atoms with Crippen LogP contribution < -0.4 is 10.1 Å². The molecule has 1 aliphatic rings. The van der Waals surface area contributed by atoms with Crippen molar-refractivity contribution in [3.63, 3.8) is 0 Å². The van der Waals surface area contributed by atoms with E-state index in [4.69, 9.17) is 4.74 Å². The van der Waals surface area contributed by atoms with Crippen LogP contribution in [0.15, 0.2) is 24.5 Å². The van der Waals surface area contributed by atoms with Crippen molar-refractivity contribution in [2.24, 2.45) is 7.05 Å². The van der Waals surface area contributed by atoms with Crippen molar-refractivity contribution in [3.8, 4) is 5.75 Å². The van der Waals surface area contributed by atoms with E-state index in [1.54, 1.807) is 22.8 Å². The van der Waals surface area contributed by atoms with E-state index >= 15 is 0 Å². The van der Waals surface area contributed by atoms with Crippen LogP contribution in [0.1, 0.15) is 43.6 Å². The van der Waals surface area contributed by atoms with Crippen LogP contribution in [-0.4, -0.2) is 38.8 Å². The Balaban J connectivity index is 1.84. The van der Waals surface area contributed by atoms with Crippen LogP contribution in [0.25, 0.3) is 0 Å². The summed E-state index contributed by atoms with van der Waals surface area (Å²) in [6.45, 7) is 2.70. The number of urea groups is 1. The van der Waals surface area contributed by atoms with Crippen molar-refractivity contribution in [1.29, 1.82) is 0 Å². The van der Waals surface area contributed by atoms with Crippen LogP contribution in [0.3, 0.4) is 0 Å². The molecule has 2 heterocycles. The highest BCUT2D eigenvalue weighted by Gasteiger charge is 2.34. The summed E-state index contributed by atoms with van der Waals surface area (Å²) in [7, 11) is 1.78. The van der Waals surface area contributed by atoms with Crippen molar-refractivity contribution >= 4 is 11.7 Å². The quantitative estimate of drug-likeness (QED) is 0.828. The molecule has 2 aromatic rings. The van der Waals surface area contributed by atoms with E-state index in [0.717, 1.165) is 18.6 Å². The van der Waals surface area contributed by atoms with Crippen molar-refractivity contribution in [2.45, 2.75) is 38.4 Å². The lowest BCUT2D eigenvalue weighted by atomic mass is 10.1. The van der Waals surface area contributed by atoms with Gasteiger partial charge in [-0.3, -0.25) is 0 Å². The van der Waals surface area contributed by atoms with Gasteiger partial charge in [0.1, 0.15) is 12.1 Å². The van der Waals surface area contributed by atoms with Crippen LogP contribution in [0.4, 0.5) is 23.7 Å². The molecule has 0 aliphatic carbocycles. The van der Waals surface area contributed by atoms with Crippen LogP contribution in [0.5, 0.6) is 5.75 Å². The molecule has 2 amide bonds. The average Bonchev–Trinajstić information content (AvgIpc) is 3.28. The molecular formula is C18H22F3N5O2. The maximum atomic E-state index is 13.1. The van der Waals surface area contributed by atoms with Gasteiger partial charge in [-0.25, -0.2) is 4.79 Å². The van der Waals surface area contributed by atoms with E-state index in [1.165, 1.54) is 6.07 Å². The molecule has 1 aliphatic heterocycles. The number of carbonyl (C=O) groups excluding carboxylic acids is 1. The van der Waals surface area contributed by atoms with Gasteiger partial charge in [-0.2, -0.15) is 13.2 Å². The zero-order chi connectivity index (χ0) is 20.3. The van der Waals surface area contributed by atoms with E-state index in [-0.39, 0.29) is 17.5 Å². The highest BCUT2D eigenvalue weighted by molar-refractivity contribution is 5.91. The summed E-state index contributed by atoms with van der Waals surface area (Å²) in [5, 5.41) is 10.5. The predicted octanol–water partition coefficient (Wildman–Crippen LogP) is 3.99. The molecule has 1 aromatic carbocycles. The fourth-order valence-electron chi connectivity index (χ4n) is 3.20. The molecule has 28 heavy (non-hydrogen) atoms. The third-order valence-electron chi connectivity index (χ3n) is 4.57. The van der Waals surface area contributed by atoms with Crippen LogP contribution in [0.2, 0.25) is 0 Å². The van der Waals surface area contributed by atoms with Gasteiger partial charge >= 0.3 is 12.2 Å². The molecule has 0 radical (unpaired) electrons. The summed E-state index contributed by atoms with van der Waals surface area (Å²) < 4.78 is 46.5. The van der Waals surface area contributed by atoms with Gasteiger partial charge in [0, 0.05) is 13.6 Å². The summed E-state index contributed by atoms with van der Waals surface area (Å²) in [6.07, 6.45) is -0.798. The lowest BCUT2D eigenvalue weighted by Gasteiger charge is -2.25. The molecule has 7 nitrogen and oxygen atoms in total. The minimum atomic E-state index is -4.52. The van der Waals surface area contributed by atoms with Gasteiger partial charge < -0.3 is 19.5 Å². The Bertz CT molecular complexity index is 837. The fraction of sp³-hybridized carbons (Fsp3) is 0.500. The number of alkyl halides is 3. The number of halogens is 3. The van der Waals surface area contributed by atoms with Gasteiger partial charge in [-0.05, 0) is 37.5 Å². The minimum absolute atomic E-state index is 0.00288. The number of hydrogen-bond donors (Lipinski definition) is 1. The number of aryl methyl sites for hydroxylation is 1. The Hall–Kier alpha value is -2.78. The van der Waals surface area contributed by atoms with Gasteiger partial charge in [0.05, 0.1) is 23.9 Å². The second kappa shape index (κ2) is 8.07. The van der Waals surface area contributed by atoms with Crippen molar-refractivity contribution in [1.82, 2.24) is 19.7 Å². The molecule has 1 unspecified atom stereocenters. The first-order valence-corrected chi connectivity index (χ1v) is 9.06. The van der Waals surface area contributed by atoms with Crippen molar-refractivity contribution < 1.29 is 22.7 Å². The number of rotatable bonds is 5. The summed E-state index contributed by atoms with van der Waals surface area (Å²) in [6, 6.07) is 2.30. The molecule has 1 fully saturated rings. The summed E-state index contributed by atoms with van der Waals surface area (Å²) in [5.74, 6) is 0.844. The van der Waals surface area contributed by atoms with E-state index in [2.05, 4.69) is 15.5 Å². The van der Waals surface area contributed by atoms with Crippen LogP contribution >= 0.6 is 0 Å². The standard InChI is InChI=1S/C18H22F3N5O2/c1-3-9-28-15-7-6-12(18(19,20)21)10-13(15)23-17(27)26-8-4-5-14(26)16-24-22-11-25(16)2/h6-7,10-11,14H,3-5,8-9H2,1-2H3,(H,23,27). The number of carbonyl (C=O) groups is 1. The second-order valence-corrected chi connectivity index (χ2v) is 6.64. The monoisotopic (exact) mass is 397 g/mol. The first-order chi connectivity index (χ1) is 13.3. The number of ether oxygens (including phenoxy) is 1. The Morgan fingerprint density at radius 1 is 1.39 bits per heavy atom. The minimum Gasteiger partial charge on any atom is -0.491 e. The molecular weight excluding hydrogens is 375 g/mol. The fourth-order valence-corrected chi connectivity index (χ4v) is 3.20. The topological polar surface area (TPSA) is 72.3 Å². The molecule has 1 N–H and O–H groups in total. The molecule has 1 atom stereocenters. The molecule has 1 saturated heterocycles. The lowest BCUT2D eigenvalue weighted by Crippen LogP contribution is -2.35. The molecule has 3 rings (SSSR count). The van der Waals surface area contributed by atoms with Gasteiger partial charge in [-0.1, -0.05) is 6.92 Å². The highest BCUT2D eigenvalue weighted by Crippen LogP contribution is 2.36. The number of likely N-dealkylation sites (tertiary alicyclic amines) is 1. The number of nitrogens with zero attached hydrogens (tertiary/aromatic N) is 4. The van der Waals surface area contributed by atoms with E-state index < -0.39 is 17.8 Å². The zero-order valence-electron chi connectivity index (χ0n) is 15.7. The Labute approximate surface area is 160 Å². The molecule has 0 spiro atoms. The van der Waals surface area contributed by atoms with E-state index in [9.17, 15) is 18.0 Å². The van der Waals surface area contributed by atoms with Crippen LogP contribution in [-0.2, 0) is 13.2 Å². The first-order valence-electron chi connectivity index (χ1n) is 9.06. The lowest BCUT2D eigenvalue weighted by molar-refractivity contribution is -0.137. The SMILES string of the molecule is CCCOc1ccc(C(F)(F)F)cc1NC(=O)N1CCCC1c1nncn1C. The Morgan fingerprint density at radius 2 is 2.18 bits per heavy atom. The molecule has 10 heteroatoms. The number of benzene rings is 1. The smallest absolute Gasteiger partial charge is 0.416 e. The summed E-state index contributed by atoms with van der Waals surface area (Å²) >= 11 is 0. The van der Waals surface area contributed by atoms with E-state index in [0.29, 0.717) is 31.8 Å². The highest BCUT2D eigenvalue weighted by atomic mass is 19.4. The Kier molecular flexibility index (Phi) is 5.76. The maximum Gasteiger partial charge on any atom is 0.416 e. The van der Waals surface area contributed by atoms with Gasteiger partial charge in [-0.15, -0.1) is 10.2 Å². The number of aromatic nitrogens is 3. The van der Waals surface area contributed by atoms with Gasteiger partial charge in [0.2, 0.25) is 0 Å². The number of hydrogen-bond acceptors (Lipinski definition) is 4.